The molecule has 4 rings (SSSR count). The summed E-state index contributed by atoms with van der Waals surface area (Å²) in [6.45, 7) is 2.66. The van der Waals surface area contributed by atoms with E-state index in [1.165, 1.54) is 16.3 Å². The maximum atomic E-state index is 12.5. The summed E-state index contributed by atoms with van der Waals surface area (Å²) in [6.07, 6.45) is 1.65. The summed E-state index contributed by atoms with van der Waals surface area (Å²) in [5.41, 5.74) is 3.71. The van der Waals surface area contributed by atoms with Gasteiger partial charge in [-0.25, -0.2) is 4.98 Å². The first kappa shape index (κ1) is 16.3. The third kappa shape index (κ3) is 3.18. The Morgan fingerprint density at radius 3 is 2.81 bits per heavy atom. The summed E-state index contributed by atoms with van der Waals surface area (Å²) in [6, 6.07) is 20.2. The molecule has 0 aliphatic rings. The minimum atomic E-state index is -0.0558. The summed E-state index contributed by atoms with van der Waals surface area (Å²) in [5.74, 6) is 0.883. The fourth-order valence-electron chi connectivity index (χ4n) is 3.29. The van der Waals surface area contributed by atoms with Gasteiger partial charge in [0.1, 0.15) is 5.82 Å². The molecule has 2 N–H and O–H groups in total. The minimum absolute atomic E-state index is 0.0558. The highest BCUT2D eigenvalue weighted by Gasteiger charge is 2.09. The Kier molecular flexibility index (Phi) is 4.40. The standard InChI is InChI=1S/C22H21N3O/c1-2-21-24-19-11-10-17(14-20(19)25-21)22(26)23-13-12-16-8-5-7-15-6-3-4-9-18(15)16/h3-11,14H,2,12-13H2,1H3,(H,23,26)(H,24,25). The first-order chi connectivity index (χ1) is 12.7. The van der Waals surface area contributed by atoms with Crippen LogP contribution >= 0.6 is 0 Å². The summed E-state index contributed by atoms with van der Waals surface area (Å²) in [5, 5.41) is 5.50. The minimum Gasteiger partial charge on any atom is -0.352 e. The average Bonchev–Trinajstić information content (AvgIpc) is 3.10. The molecule has 4 nitrogen and oxygen atoms in total. The van der Waals surface area contributed by atoms with Gasteiger partial charge in [0.15, 0.2) is 0 Å². The number of H-pyrrole nitrogens is 1. The topological polar surface area (TPSA) is 57.8 Å². The van der Waals surface area contributed by atoms with Gasteiger partial charge in [0.2, 0.25) is 0 Å². The second-order valence-electron chi connectivity index (χ2n) is 6.41. The monoisotopic (exact) mass is 343 g/mol. The number of aryl methyl sites for hydroxylation is 1. The summed E-state index contributed by atoms with van der Waals surface area (Å²) in [4.78, 5) is 20.2. The van der Waals surface area contributed by atoms with E-state index < -0.39 is 0 Å². The van der Waals surface area contributed by atoms with Gasteiger partial charge in [-0.05, 0) is 41.0 Å². The SMILES string of the molecule is CCc1nc2ccc(C(=O)NCCc3cccc4ccccc34)cc2[nH]1. The third-order valence-corrected chi connectivity index (χ3v) is 4.69. The van der Waals surface area contributed by atoms with Crippen LogP contribution in [0.25, 0.3) is 21.8 Å². The van der Waals surface area contributed by atoms with Crippen molar-refractivity contribution in [2.24, 2.45) is 0 Å². The zero-order valence-electron chi connectivity index (χ0n) is 14.8. The zero-order chi connectivity index (χ0) is 17.9. The van der Waals surface area contributed by atoms with Crippen LogP contribution in [-0.4, -0.2) is 22.4 Å². The molecule has 3 aromatic carbocycles. The van der Waals surface area contributed by atoms with Crippen molar-refractivity contribution in [2.45, 2.75) is 19.8 Å². The van der Waals surface area contributed by atoms with Gasteiger partial charge >= 0.3 is 0 Å². The van der Waals surface area contributed by atoms with E-state index in [1.54, 1.807) is 0 Å². The van der Waals surface area contributed by atoms with Gasteiger partial charge in [0, 0.05) is 18.5 Å². The van der Waals surface area contributed by atoms with Crippen molar-refractivity contribution in [1.82, 2.24) is 15.3 Å². The van der Waals surface area contributed by atoms with Gasteiger partial charge in [-0.15, -0.1) is 0 Å². The molecular weight excluding hydrogens is 322 g/mol. The first-order valence-corrected chi connectivity index (χ1v) is 8.98. The molecule has 0 atom stereocenters. The Morgan fingerprint density at radius 2 is 1.92 bits per heavy atom. The first-order valence-electron chi connectivity index (χ1n) is 8.98. The van der Waals surface area contributed by atoms with Crippen LogP contribution in [0.4, 0.5) is 0 Å². The maximum Gasteiger partial charge on any atom is 0.251 e. The average molecular weight is 343 g/mol. The van der Waals surface area contributed by atoms with E-state index in [0.717, 1.165) is 29.7 Å². The van der Waals surface area contributed by atoms with Gasteiger partial charge in [-0.3, -0.25) is 4.79 Å². The molecule has 0 bridgehead atoms. The van der Waals surface area contributed by atoms with Crippen molar-refractivity contribution in [2.75, 3.05) is 6.54 Å². The molecule has 0 fully saturated rings. The summed E-state index contributed by atoms with van der Waals surface area (Å²) in [7, 11) is 0. The van der Waals surface area contributed by atoms with Crippen LogP contribution in [0, 0.1) is 0 Å². The van der Waals surface area contributed by atoms with Gasteiger partial charge < -0.3 is 10.3 Å². The van der Waals surface area contributed by atoms with E-state index in [4.69, 9.17) is 0 Å². The summed E-state index contributed by atoms with van der Waals surface area (Å²) < 4.78 is 0. The van der Waals surface area contributed by atoms with E-state index in [1.807, 2.05) is 24.3 Å². The lowest BCUT2D eigenvalue weighted by atomic mass is 10.0. The molecule has 0 unspecified atom stereocenters. The number of fused-ring (bicyclic) bond motifs is 2. The number of carbonyl (C=O) groups excluding carboxylic acids is 1. The number of aromatic nitrogens is 2. The molecule has 1 heterocycles. The maximum absolute atomic E-state index is 12.5. The van der Waals surface area contributed by atoms with Crippen LogP contribution in [0.3, 0.4) is 0 Å². The zero-order valence-corrected chi connectivity index (χ0v) is 14.8. The largest absolute Gasteiger partial charge is 0.352 e. The Bertz CT molecular complexity index is 1080. The highest BCUT2D eigenvalue weighted by Crippen LogP contribution is 2.19. The molecule has 0 spiro atoms. The molecule has 1 aromatic heterocycles. The predicted molar refractivity (Wildman–Crippen MR) is 105 cm³/mol. The van der Waals surface area contributed by atoms with Crippen LogP contribution in [0.2, 0.25) is 0 Å². The van der Waals surface area contributed by atoms with Crippen LogP contribution in [-0.2, 0) is 12.8 Å². The molecular formula is C22H21N3O. The number of nitrogens with zero attached hydrogens (tertiary/aromatic N) is 1. The van der Waals surface area contributed by atoms with Gasteiger partial charge in [0.05, 0.1) is 11.0 Å². The van der Waals surface area contributed by atoms with E-state index in [0.29, 0.717) is 12.1 Å². The lowest BCUT2D eigenvalue weighted by Crippen LogP contribution is -2.25. The number of imidazole rings is 1. The highest BCUT2D eigenvalue weighted by molar-refractivity contribution is 5.97. The number of carbonyl (C=O) groups is 1. The van der Waals surface area contributed by atoms with Gasteiger partial charge in [-0.1, -0.05) is 49.4 Å². The number of amides is 1. The third-order valence-electron chi connectivity index (χ3n) is 4.69. The Morgan fingerprint density at radius 1 is 1.08 bits per heavy atom. The smallest absolute Gasteiger partial charge is 0.251 e. The molecule has 4 aromatic rings. The summed E-state index contributed by atoms with van der Waals surface area (Å²) >= 11 is 0. The van der Waals surface area contributed by atoms with Crippen molar-refractivity contribution in [3.63, 3.8) is 0 Å². The van der Waals surface area contributed by atoms with Gasteiger partial charge in [0.25, 0.3) is 5.91 Å². The Labute approximate surface area is 152 Å². The van der Waals surface area contributed by atoms with E-state index >= 15 is 0 Å². The van der Waals surface area contributed by atoms with E-state index in [2.05, 4.69) is 58.6 Å². The number of rotatable bonds is 5. The quantitative estimate of drug-likeness (QED) is 0.569. The Hall–Kier alpha value is -3.14. The molecule has 26 heavy (non-hydrogen) atoms. The number of hydrogen-bond acceptors (Lipinski definition) is 2. The lowest BCUT2D eigenvalue weighted by molar-refractivity contribution is 0.0954. The fraction of sp³-hybridized carbons (Fsp3) is 0.182. The lowest BCUT2D eigenvalue weighted by Gasteiger charge is -2.08. The molecule has 0 saturated carbocycles. The van der Waals surface area contributed by atoms with Crippen molar-refractivity contribution < 1.29 is 4.79 Å². The van der Waals surface area contributed by atoms with Crippen LogP contribution in [0.5, 0.6) is 0 Å². The predicted octanol–water partition coefficient (Wildman–Crippen LogP) is 4.25. The number of nitrogens with one attached hydrogen (secondary N) is 2. The van der Waals surface area contributed by atoms with Gasteiger partial charge in [-0.2, -0.15) is 0 Å². The van der Waals surface area contributed by atoms with Crippen LogP contribution < -0.4 is 5.32 Å². The number of hydrogen-bond donors (Lipinski definition) is 2. The van der Waals surface area contributed by atoms with Crippen molar-refractivity contribution in [3.8, 4) is 0 Å². The second kappa shape index (κ2) is 7.00. The molecule has 0 aliphatic carbocycles. The van der Waals surface area contributed by atoms with Crippen molar-refractivity contribution in [1.29, 1.82) is 0 Å². The van der Waals surface area contributed by atoms with E-state index in [-0.39, 0.29) is 5.91 Å². The molecule has 0 aliphatic heterocycles. The molecule has 130 valence electrons. The number of benzene rings is 3. The molecule has 1 amide bonds. The molecule has 0 saturated heterocycles. The van der Waals surface area contributed by atoms with Crippen molar-refractivity contribution in [3.05, 3.63) is 77.6 Å². The van der Waals surface area contributed by atoms with E-state index in [9.17, 15) is 4.79 Å². The fourth-order valence-corrected chi connectivity index (χ4v) is 3.29. The second-order valence-corrected chi connectivity index (χ2v) is 6.41. The van der Waals surface area contributed by atoms with Crippen LogP contribution in [0.1, 0.15) is 28.7 Å². The van der Waals surface area contributed by atoms with Crippen molar-refractivity contribution >= 4 is 27.7 Å². The number of aromatic amines is 1. The van der Waals surface area contributed by atoms with Crippen LogP contribution in [0.15, 0.2) is 60.7 Å². The molecule has 0 radical (unpaired) electrons. The normalized spacial score (nSPS) is 11.1. The Balaban J connectivity index is 1.45. The molecule has 4 heteroatoms. The highest BCUT2D eigenvalue weighted by atomic mass is 16.1.